The Balaban J connectivity index is 3.35. The fraction of sp³-hybridized carbons (Fsp3) is 0.250. The van der Waals surface area contributed by atoms with E-state index in [1.165, 1.54) is 6.07 Å². The van der Waals surface area contributed by atoms with Crippen LogP contribution in [0.15, 0.2) is 12.1 Å². The van der Waals surface area contributed by atoms with Crippen molar-refractivity contribution in [2.24, 2.45) is 0 Å². The Morgan fingerprint density at radius 3 is 2.75 bits per heavy atom. The molecule has 4 nitrogen and oxygen atoms in total. The number of hydrogen-bond acceptors (Lipinski definition) is 4. The fourth-order valence-corrected chi connectivity index (χ4v) is 1.40. The number of nitriles is 1. The topological polar surface area (TPSA) is 67.2 Å². The van der Waals surface area contributed by atoms with Crippen molar-refractivity contribution >= 4 is 12.3 Å². The van der Waals surface area contributed by atoms with Crippen LogP contribution in [0.2, 0.25) is 0 Å². The number of ether oxygens (including phenoxy) is 1. The normalized spacial score (nSPS) is 9.31. The third kappa shape index (κ3) is 2.26. The van der Waals surface area contributed by atoms with E-state index < -0.39 is 5.97 Å². The molecule has 82 valence electrons. The smallest absolute Gasteiger partial charge is 0.338 e. The van der Waals surface area contributed by atoms with Gasteiger partial charge in [0.2, 0.25) is 0 Å². The average molecular weight is 217 g/mol. The molecule has 0 aliphatic heterocycles. The first kappa shape index (κ1) is 11.9. The highest BCUT2D eigenvalue weighted by Crippen LogP contribution is 2.16. The van der Waals surface area contributed by atoms with Crippen molar-refractivity contribution in [2.75, 3.05) is 6.61 Å². The maximum absolute atomic E-state index is 11.6. The zero-order chi connectivity index (χ0) is 12.1. The highest BCUT2D eigenvalue weighted by molar-refractivity contribution is 5.99. The zero-order valence-electron chi connectivity index (χ0n) is 9.11. The van der Waals surface area contributed by atoms with Gasteiger partial charge in [-0.05, 0) is 31.5 Å². The molecule has 0 unspecified atom stereocenters. The van der Waals surface area contributed by atoms with Crippen LogP contribution in [0.3, 0.4) is 0 Å². The summed E-state index contributed by atoms with van der Waals surface area (Å²) in [6.07, 6.45) is 0.600. The summed E-state index contributed by atoms with van der Waals surface area (Å²) in [5, 5.41) is 8.77. The molecule has 0 aromatic heterocycles. The molecule has 0 fully saturated rings. The van der Waals surface area contributed by atoms with Crippen LogP contribution in [-0.4, -0.2) is 18.9 Å². The van der Waals surface area contributed by atoms with Crippen molar-refractivity contribution in [3.05, 3.63) is 34.4 Å². The van der Waals surface area contributed by atoms with Crippen molar-refractivity contribution in [3.63, 3.8) is 0 Å². The SMILES string of the molecule is CCOC(=O)c1cc(C#N)cc(C)c1C=O. The van der Waals surface area contributed by atoms with Crippen LogP contribution >= 0.6 is 0 Å². The molecule has 0 amide bonds. The van der Waals surface area contributed by atoms with E-state index >= 15 is 0 Å². The van der Waals surface area contributed by atoms with Crippen molar-refractivity contribution in [3.8, 4) is 6.07 Å². The number of esters is 1. The van der Waals surface area contributed by atoms with Crippen molar-refractivity contribution in [2.45, 2.75) is 13.8 Å². The zero-order valence-corrected chi connectivity index (χ0v) is 9.11. The summed E-state index contributed by atoms with van der Waals surface area (Å²) < 4.78 is 4.82. The van der Waals surface area contributed by atoms with Gasteiger partial charge < -0.3 is 4.74 Å². The number of carbonyl (C=O) groups is 2. The predicted molar refractivity (Wildman–Crippen MR) is 57.2 cm³/mol. The van der Waals surface area contributed by atoms with E-state index in [1.807, 2.05) is 6.07 Å². The van der Waals surface area contributed by atoms with E-state index in [2.05, 4.69) is 0 Å². The van der Waals surface area contributed by atoms with Crippen LogP contribution in [0, 0.1) is 18.3 Å². The molecule has 16 heavy (non-hydrogen) atoms. The van der Waals surface area contributed by atoms with Gasteiger partial charge in [0.15, 0.2) is 6.29 Å². The van der Waals surface area contributed by atoms with E-state index in [0.29, 0.717) is 17.4 Å². The van der Waals surface area contributed by atoms with Crippen LogP contribution in [0.25, 0.3) is 0 Å². The second-order valence-corrected chi connectivity index (χ2v) is 3.20. The predicted octanol–water partition coefficient (Wildman–Crippen LogP) is 1.86. The lowest BCUT2D eigenvalue weighted by atomic mass is 10.00. The van der Waals surface area contributed by atoms with Crippen molar-refractivity contribution < 1.29 is 14.3 Å². The highest BCUT2D eigenvalue weighted by atomic mass is 16.5. The van der Waals surface area contributed by atoms with Gasteiger partial charge in [0.1, 0.15) is 0 Å². The molecule has 4 heteroatoms. The lowest BCUT2D eigenvalue weighted by molar-refractivity contribution is 0.0524. The number of aryl methyl sites for hydroxylation is 1. The van der Waals surface area contributed by atoms with Crippen LogP contribution in [0.5, 0.6) is 0 Å². The summed E-state index contributed by atoms with van der Waals surface area (Å²) in [6, 6.07) is 4.86. The molecule has 1 aromatic rings. The average Bonchev–Trinajstić information content (AvgIpc) is 2.28. The molecule has 0 aliphatic carbocycles. The summed E-state index contributed by atoms with van der Waals surface area (Å²) in [5.74, 6) is -0.579. The standard InChI is InChI=1S/C12H11NO3/c1-3-16-12(15)10-5-9(6-13)4-8(2)11(10)7-14/h4-5,7H,3H2,1-2H3. The molecule has 0 spiro atoms. The first-order valence-corrected chi connectivity index (χ1v) is 4.81. The van der Waals surface area contributed by atoms with E-state index in [1.54, 1.807) is 19.9 Å². The number of aldehydes is 1. The molecule has 0 saturated carbocycles. The Morgan fingerprint density at radius 2 is 2.25 bits per heavy atom. The van der Waals surface area contributed by atoms with E-state index in [-0.39, 0.29) is 17.7 Å². The van der Waals surface area contributed by atoms with Gasteiger partial charge in [-0.1, -0.05) is 0 Å². The molecule has 1 aromatic carbocycles. The van der Waals surface area contributed by atoms with Gasteiger partial charge >= 0.3 is 5.97 Å². The van der Waals surface area contributed by atoms with Crippen molar-refractivity contribution in [1.29, 1.82) is 5.26 Å². The van der Waals surface area contributed by atoms with E-state index in [9.17, 15) is 9.59 Å². The maximum Gasteiger partial charge on any atom is 0.338 e. The molecular formula is C12H11NO3. The Bertz CT molecular complexity index is 472. The number of rotatable bonds is 3. The molecule has 0 aliphatic rings. The molecule has 0 atom stereocenters. The number of carbonyl (C=O) groups excluding carboxylic acids is 2. The Morgan fingerprint density at radius 1 is 1.56 bits per heavy atom. The Hall–Kier alpha value is -2.15. The van der Waals surface area contributed by atoms with E-state index in [4.69, 9.17) is 10.00 Å². The first-order valence-electron chi connectivity index (χ1n) is 4.81. The van der Waals surface area contributed by atoms with Crippen LogP contribution in [0.4, 0.5) is 0 Å². The van der Waals surface area contributed by atoms with Gasteiger partial charge in [-0.25, -0.2) is 4.79 Å². The molecule has 0 radical (unpaired) electrons. The minimum Gasteiger partial charge on any atom is -0.462 e. The lowest BCUT2D eigenvalue weighted by Gasteiger charge is -2.07. The van der Waals surface area contributed by atoms with Gasteiger partial charge in [-0.2, -0.15) is 5.26 Å². The maximum atomic E-state index is 11.6. The van der Waals surface area contributed by atoms with Crippen LogP contribution in [0.1, 0.15) is 38.8 Å². The molecular weight excluding hydrogens is 206 g/mol. The summed E-state index contributed by atoms with van der Waals surface area (Å²) in [4.78, 5) is 22.4. The lowest BCUT2D eigenvalue weighted by Crippen LogP contribution is -2.09. The molecule has 0 saturated heterocycles. The van der Waals surface area contributed by atoms with E-state index in [0.717, 1.165) is 0 Å². The minimum atomic E-state index is -0.579. The van der Waals surface area contributed by atoms with Crippen LogP contribution < -0.4 is 0 Å². The Labute approximate surface area is 93.5 Å². The minimum absolute atomic E-state index is 0.147. The molecule has 1 rings (SSSR count). The van der Waals surface area contributed by atoms with Gasteiger partial charge in [0, 0.05) is 5.56 Å². The molecule has 0 N–H and O–H groups in total. The summed E-state index contributed by atoms with van der Waals surface area (Å²) in [5.41, 5.74) is 1.36. The second-order valence-electron chi connectivity index (χ2n) is 3.20. The van der Waals surface area contributed by atoms with Gasteiger partial charge in [-0.15, -0.1) is 0 Å². The number of hydrogen-bond donors (Lipinski definition) is 0. The number of nitrogens with zero attached hydrogens (tertiary/aromatic N) is 1. The fourth-order valence-electron chi connectivity index (χ4n) is 1.40. The summed E-state index contributed by atoms with van der Waals surface area (Å²) >= 11 is 0. The second kappa shape index (κ2) is 5.08. The monoisotopic (exact) mass is 217 g/mol. The first-order chi connectivity index (χ1) is 7.63. The van der Waals surface area contributed by atoms with Gasteiger partial charge in [0.25, 0.3) is 0 Å². The third-order valence-corrected chi connectivity index (χ3v) is 2.13. The number of benzene rings is 1. The quantitative estimate of drug-likeness (QED) is 0.572. The Kier molecular flexibility index (Phi) is 3.78. The largest absolute Gasteiger partial charge is 0.462 e. The molecule has 0 heterocycles. The van der Waals surface area contributed by atoms with Crippen LogP contribution in [-0.2, 0) is 4.74 Å². The van der Waals surface area contributed by atoms with Crippen molar-refractivity contribution in [1.82, 2.24) is 0 Å². The van der Waals surface area contributed by atoms with Gasteiger partial charge in [-0.3, -0.25) is 4.79 Å². The van der Waals surface area contributed by atoms with Gasteiger partial charge in [0.05, 0.1) is 23.8 Å². The highest BCUT2D eigenvalue weighted by Gasteiger charge is 2.15. The molecule has 0 bridgehead atoms. The summed E-state index contributed by atoms with van der Waals surface area (Å²) in [6.45, 7) is 3.58. The third-order valence-electron chi connectivity index (χ3n) is 2.13. The summed E-state index contributed by atoms with van der Waals surface area (Å²) in [7, 11) is 0.